The molecule has 0 bridgehead atoms. The third-order valence-electron chi connectivity index (χ3n) is 0. The van der Waals surface area contributed by atoms with Crippen molar-refractivity contribution in [2.75, 3.05) is 0 Å². The Labute approximate surface area is 41.9 Å². The summed E-state index contributed by atoms with van der Waals surface area (Å²) in [4.78, 5) is 0. The molecule has 0 rings (SSSR count). The fraction of sp³-hybridized carbons (Fsp3) is 0. The molecule has 0 amide bonds. The molecule has 0 aromatic carbocycles. The van der Waals surface area contributed by atoms with Gasteiger partial charge in [-0.15, -0.1) is 0 Å². The average Bonchev–Trinajstić information content (AvgIpc) is 0. The molecule has 46 valence electrons. The first-order valence-corrected chi connectivity index (χ1v) is 0. The minimum absolute atomic E-state index is 0. The van der Waals surface area contributed by atoms with Crippen molar-refractivity contribution in [3.63, 3.8) is 0 Å². The summed E-state index contributed by atoms with van der Waals surface area (Å²) in [6.07, 6.45) is 0. The van der Waals surface area contributed by atoms with Crippen LogP contribution in [-0.4, -0.2) is 0 Å². The number of hydrogen-bond donors (Lipinski definition) is 0. The SMILES string of the molecule is F.F.F.F.F.[Cr]. The Bertz CT molecular complexity index is 3.90. The van der Waals surface area contributed by atoms with E-state index in [1.54, 1.807) is 0 Å². The molecule has 0 saturated carbocycles. The summed E-state index contributed by atoms with van der Waals surface area (Å²) in [5.41, 5.74) is 0. The van der Waals surface area contributed by atoms with Crippen molar-refractivity contribution >= 4 is 0 Å². The topological polar surface area (TPSA) is 0 Å². The van der Waals surface area contributed by atoms with Crippen LogP contribution in [0.1, 0.15) is 0 Å². The Balaban J connectivity index is 0. The molecule has 0 nitrogen and oxygen atoms in total. The summed E-state index contributed by atoms with van der Waals surface area (Å²) in [6, 6.07) is 0. The summed E-state index contributed by atoms with van der Waals surface area (Å²) >= 11 is 0. The number of hydrogen-bond acceptors (Lipinski definition) is 0. The first-order valence-electron chi connectivity index (χ1n) is 0. The van der Waals surface area contributed by atoms with Gasteiger partial charge < -0.3 is 0 Å². The Morgan fingerprint density at radius 1 is 0.333 bits per heavy atom. The first kappa shape index (κ1) is 4990. The van der Waals surface area contributed by atoms with Crippen molar-refractivity contribution in [3.8, 4) is 0 Å². The van der Waals surface area contributed by atoms with Crippen LogP contribution in [0.15, 0.2) is 0 Å². The van der Waals surface area contributed by atoms with Crippen LogP contribution in [0.2, 0.25) is 0 Å². The maximum Gasteiger partial charge on any atom is 0 e. The van der Waals surface area contributed by atoms with Crippen LogP contribution in [0, 0.1) is 0 Å². The Morgan fingerprint density at radius 3 is 0.333 bits per heavy atom. The molecule has 0 radical (unpaired) electrons. The van der Waals surface area contributed by atoms with Gasteiger partial charge in [0.15, 0.2) is 0 Å². The van der Waals surface area contributed by atoms with E-state index in [4.69, 9.17) is 0 Å². The van der Waals surface area contributed by atoms with Gasteiger partial charge in [0.2, 0.25) is 0 Å². The summed E-state index contributed by atoms with van der Waals surface area (Å²) in [5.74, 6) is 0. The molecule has 0 spiro atoms. The van der Waals surface area contributed by atoms with E-state index in [1.165, 1.54) is 0 Å². The van der Waals surface area contributed by atoms with E-state index in [2.05, 4.69) is 0 Å². The van der Waals surface area contributed by atoms with Crippen molar-refractivity contribution in [1.29, 1.82) is 0 Å². The maximum absolute atomic E-state index is 0. The Hall–Kier alpha value is 0.182. The minimum Gasteiger partial charge on any atom is -0.269 e. The molecule has 0 aromatic heterocycles. The van der Waals surface area contributed by atoms with Gasteiger partial charge >= 0.3 is 0 Å². The van der Waals surface area contributed by atoms with Crippen LogP contribution in [-0.2, 0) is 17.4 Å². The Morgan fingerprint density at radius 2 is 0.333 bits per heavy atom. The normalized spacial score (nSPS) is 0. The third-order valence-corrected chi connectivity index (χ3v) is 0. The Kier molecular flexibility index (Phi) is 2260000. The monoisotopic (exact) mass is 152 g/mol. The molecule has 0 aliphatic carbocycles. The molecular weight excluding hydrogens is 147 g/mol. The van der Waals surface area contributed by atoms with Crippen molar-refractivity contribution < 1.29 is 40.9 Å². The third kappa shape index (κ3) is 1270. The molecule has 0 heterocycles. The molecule has 0 fully saturated rings. The smallest absolute Gasteiger partial charge is 0 e. The van der Waals surface area contributed by atoms with Gasteiger partial charge in [0, 0.05) is 17.4 Å². The summed E-state index contributed by atoms with van der Waals surface area (Å²) in [7, 11) is 0. The maximum atomic E-state index is 0. The van der Waals surface area contributed by atoms with Gasteiger partial charge in [-0.25, -0.2) is 0 Å². The van der Waals surface area contributed by atoms with Crippen LogP contribution < -0.4 is 0 Å². The van der Waals surface area contributed by atoms with Gasteiger partial charge in [0.1, 0.15) is 0 Å². The summed E-state index contributed by atoms with van der Waals surface area (Å²) in [6.45, 7) is 0. The van der Waals surface area contributed by atoms with E-state index in [0.29, 0.717) is 0 Å². The predicted octanol–water partition coefficient (Wildman–Crippen LogP) is 0.760. The van der Waals surface area contributed by atoms with Gasteiger partial charge in [0.25, 0.3) is 0 Å². The fourth-order valence-electron chi connectivity index (χ4n) is 0. The van der Waals surface area contributed by atoms with E-state index >= 15 is 0 Å². The number of halogens is 5. The zero-order valence-electron chi connectivity index (χ0n) is 2.45. The van der Waals surface area contributed by atoms with E-state index in [0.717, 1.165) is 0 Å². The average molecular weight is 152 g/mol. The zero-order chi connectivity index (χ0) is 0. The fourth-order valence-corrected chi connectivity index (χ4v) is 0. The van der Waals surface area contributed by atoms with E-state index < -0.39 is 0 Å². The minimum atomic E-state index is 0. The van der Waals surface area contributed by atoms with Gasteiger partial charge in [-0.1, -0.05) is 0 Å². The van der Waals surface area contributed by atoms with E-state index in [1.807, 2.05) is 0 Å². The second kappa shape index (κ2) is 2720. The number of rotatable bonds is 0. The van der Waals surface area contributed by atoms with Crippen molar-refractivity contribution in [2.24, 2.45) is 0 Å². The summed E-state index contributed by atoms with van der Waals surface area (Å²) < 4.78 is 0. The van der Waals surface area contributed by atoms with Crippen LogP contribution in [0.25, 0.3) is 0 Å². The summed E-state index contributed by atoms with van der Waals surface area (Å²) in [5, 5.41) is 0. The van der Waals surface area contributed by atoms with Crippen LogP contribution in [0.4, 0.5) is 23.5 Å². The molecular formula is H5CrF5. The van der Waals surface area contributed by atoms with Crippen molar-refractivity contribution in [2.45, 2.75) is 0 Å². The van der Waals surface area contributed by atoms with Crippen LogP contribution in [0.3, 0.4) is 0 Å². The van der Waals surface area contributed by atoms with Gasteiger partial charge in [-0.05, 0) is 0 Å². The van der Waals surface area contributed by atoms with E-state index in [-0.39, 0.29) is 40.9 Å². The molecule has 6 heteroatoms. The second-order valence-corrected chi connectivity index (χ2v) is 0. The molecule has 0 aromatic rings. The van der Waals surface area contributed by atoms with Gasteiger partial charge in [-0.2, -0.15) is 0 Å². The van der Waals surface area contributed by atoms with Crippen LogP contribution >= 0.6 is 0 Å². The molecule has 0 aliphatic heterocycles. The quantitative estimate of drug-likeness (QED) is 0.449. The van der Waals surface area contributed by atoms with Gasteiger partial charge in [-0.3, -0.25) is 23.5 Å². The first-order chi connectivity index (χ1) is 0. The molecule has 0 N–H and O–H groups in total. The van der Waals surface area contributed by atoms with Crippen LogP contribution in [0.5, 0.6) is 0 Å². The van der Waals surface area contributed by atoms with Crippen molar-refractivity contribution in [1.82, 2.24) is 0 Å². The molecule has 0 unspecified atom stereocenters. The standard InChI is InChI=1S/Cr.5FH/h;5*1H. The largest absolute Gasteiger partial charge is 0.269 e. The molecule has 0 saturated heterocycles. The predicted molar refractivity (Wildman–Crippen MR) is 12.5 cm³/mol. The molecule has 0 aliphatic rings. The second-order valence-electron chi connectivity index (χ2n) is 0. The van der Waals surface area contributed by atoms with E-state index in [9.17, 15) is 0 Å². The molecule has 0 atom stereocenters. The van der Waals surface area contributed by atoms with Gasteiger partial charge in [0.05, 0.1) is 0 Å². The zero-order valence-corrected chi connectivity index (χ0v) is 3.72. The molecule has 6 heavy (non-hydrogen) atoms. The van der Waals surface area contributed by atoms with Crippen molar-refractivity contribution in [3.05, 3.63) is 0 Å².